The predicted molar refractivity (Wildman–Crippen MR) is 86.1 cm³/mol. The molecule has 3 unspecified atom stereocenters. The Bertz CT molecular complexity index is 762. The number of nitrogens with zero attached hydrogens (tertiary/aromatic N) is 1. The van der Waals surface area contributed by atoms with E-state index in [1.165, 1.54) is 17.0 Å². The predicted octanol–water partition coefficient (Wildman–Crippen LogP) is 2.11. The zero-order valence-electron chi connectivity index (χ0n) is 13.6. The van der Waals surface area contributed by atoms with Gasteiger partial charge in [0.15, 0.2) is 0 Å². The minimum Gasteiger partial charge on any atom is -0.368 e. The lowest BCUT2D eigenvalue weighted by atomic mass is 10.1. The highest BCUT2D eigenvalue weighted by molar-refractivity contribution is 6.12. The number of hydrogen-bond acceptors (Lipinski definition) is 3. The summed E-state index contributed by atoms with van der Waals surface area (Å²) in [5, 5.41) is 0. The number of rotatable bonds is 5. The number of aldehydes is 1. The Morgan fingerprint density at radius 2 is 2.00 bits per heavy atom. The summed E-state index contributed by atoms with van der Waals surface area (Å²) in [4.78, 5) is 36.8. The molecule has 0 bridgehead atoms. The Balaban J connectivity index is 2.15. The topological polar surface area (TPSA) is 80.5 Å². The van der Waals surface area contributed by atoms with E-state index in [4.69, 9.17) is 5.73 Å². The van der Waals surface area contributed by atoms with Gasteiger partial charge in [0.05, 0.1) is 11.3 Å². The van der Waals surface area contributed by atoms with Crippen molar-refractivity contribution in [1.29, 1.82) is 0 Å². The molecule has 1 fully saturated rings. The molecule has 126 valence electrons. The van der Waals surface area contributed by atoms with E-state index in [1.807, 2.05) is 13.8 Å². The monoisotopic (exact) mass is 330 g/mol. The minimum atomic E-state index is -0.916. The van der Waals surface area contributed by atoms with Crippen LogP contribution >= 0.6 is 0 Å². The van der Waals surface area contributed by atoms with Gasteiger partial charge in [0.2, 0.25) is 5.91 Å². The molecule has 2 aliphatic rings. The molecule has 0 radical (unpaired) electrons. The number of fused-ring (bicyclic) bond motifs is 1. The van der Waals surface area contributed by atoms with Gasteiger partial charge in [0.1, 0.15) is 18.1 Å². The summed E-state index contributed by atoms with van der Waals surface area (Å²) in [7, 11) is 0. The third-order valence-corrected chi connectivity index (χ3v) is 5.02. The van der Waals surface area contributed by atoms with Crippen molar-refractivity contribution in [2.45, 2.75) is 32.7 Å². The number of nitrogens with two attached hydrogens (primary N) is 1. The Labute approximate surface area is 139 Å². The largest absolute Gasteiger partial charge is 0.368 e. The molecular formula is C18H19FN2O3. The molecule has 1 aliphatic carbocycles. The number of halogens is 1. The molecule has 5 nitrogen and oxygen atoms in total. The van der Waals surface area contributed by atoms with Crippen LogP contribution in [0.3, 0.4) is 0 Å². The van der Waals surface area contributed by atoms with E-state index in [2.05, 4.69) is 0 Å². The fourth-order valence-corrected chi connectivity index (χ4v) is 3.48. The van der Waals surface area contributed by atoms with Gasteiger partial charge in [-0.1, -0.05) is 13.8 Å². The molecule has 1 aliphatic heterocycles. The summed E-state index contributed by atoms with van der Waals surface area (Å²) >= 11 is 0. The number of carbonyl (C=O) groups excluding carboxylic acids is 3. The lowest BCUT2D eigenvalue weighted by molar-refractivity contribution is -0.121. The molecule has 2 amide bonds. The first-order valence-electron chi connectivity index (χ1n) is 7.99. The lowest BCUT2D eigenvalue weighted by Gasteiger charge is -2.26. The molecule has 3 rings (SSSR count). The zero-order chi connectivity index (χ0) is 17.6. The molecule has 6 heteroatoms. The lowest BCUT2D eigenvalue weighted by Crippen LogP contribution is -2.44. The van der Waals surface area contributed by atoms with E-state index in [-0.39, 0.29) is 30.2 Å². The number of amides is 2. The molecule has 24 heavy (non-hydrogen) atoms. The van der Waals surface area contributed by atoms with E-state index in [9.17, 15) is 18.8 Å². The quantitative estimate of drug-likeness (QED) is 0.840. The van der Waals surface area contributed by atoms with Gasteiger partial charge in [-0.25, -0.2) is 4.39 Å². The van der Waals surface area contributed by atoms with Crippen molar-refractivity contribution in [3.05, 3.63) is 40.7 Å². The van der Waals surface area contributed by atoms with Crippen LogP contribution in [0.4, 0.5) is 4.39 Å². The van der Waals surface area contributed by atoms with Crippen molar-refractivity contribution in [1.82, 2.24) is 4.90 Å². The van der Waals surface area contributed by atoms with E-state index >= 15 is 0 Å². The molecule has 3 atom stereocenters. The highest BCUT2D eigenvalue weighted by atomic mass is 19.1. The van der Waals surface area contributed by atoms with Crippen molar-refractivity contribution in [2.24, 2.45) is 17.6 Å². The maximum Gasteiger partial charge on any atom is 0.259 e. The highest BCUT2D eigenvalue weighted by Crippen LogP contribution is 2.53. The number of carbonyl (C=O) groups is 3. The van der Waals surface area contributed by atoms with Crippen molar-refractivity contribution >= 4 is 23.8 Å². The molecule has 0 aromatic heterocycles. The minimum absolute atomic E-state index is 0.121. The van der Waals surface area contributed by atoms with Crippen molar-refractivity contribution < 1.29 is 18.8 Å². The number of benzene rings is 1. The normalized spacial score (nSPS) is 23.3. The van der Waals surface area contributed by atoms with Crippen LogP contribution < -0.4 is 5.73 Å². The van der Waals surface area contributed by atoms with Crippen LogP contribution in [0, 0.1) is 17.7 Å². The van der Waals surface area contributed by atoms with Gasteiger partial charge < -0.3 is 10.5 Å². The van der Waals surface area contributed by atoms with Crippen molar-refractivity contribution in [3.63, 3.8) is 0 Å². The van der Waals surface area contributed by atoms with Crippen molar-refractivity contribution in [2.75, 3.05) is 0 Å². The second-order valence-electron chi connectivity index (χ2n) is 6.41. The third kappa shape index (κ3) is 2.42. The van der Waals surface area contributed by atoms with Gasteiger partial charge in [0.25, 0.3) is 5.91 Å². The Morgan fingerprint density at radius 1 is 1.33 bits per heavy atom. The summed E-state index contributed by atoms with van der Waals surface area (Å²) in [6.45, 7) is 4.09. The van der Waals surface area contributed by atoms with Crippen LogP contribution in [-0.4, -0.2) is 29.0 Å². The molecule has 1 saturated carbocycles. The van der Waals surface area contributed by atoms with Gasteiger partial charge in [-0.2, -0.15) is 0 Å². The summed E-state index contributed by atoms with van der Waals surface area (Å²) in [5.74, 6) is -1.05. The standard InChI is InChI=1S/C18H19FN2O3/c1-9-10(2)15(9)16-12-6-5-11(19)8-13(12)18(24)21(16)14(17(20)23)4-3-7-22/h5-10,14H,3-4H2,1-2H3,(H2,20,23). The second-order valence-corrected chi connectivity index (χ2v) is 6.41. The third-order valence-electron chi connectivity index (χ3n) is 5.02. The van der Waals surface area contributed by atoms with E-state index in [0.717, 1.165) is 5.57 Å². The molecule has 1 aromatic carbocycles. The average molecular weight is 330 g/mol. The summed E-state index contributed by atoms with van der Waals surface area (Å²) in [6.07, 6.45) is 0.967. The van der Waals surface area contributed by atoms with E-state index in [1.54, 1.807) is 6.07 Å². The van der Waals surface area contributed by atoms with Crippen LogP contribution in [0.2, 0.25) is 0 Å². The van der Waals surface area contributed by atoms with E-state index < -0.39 is 23.7 Å². The Kier molecular flexibility index (Phi) is 3.99. The van der Waals surface area contributed by atoms with Crippen LogP contribution in [0.1, 0.15) is 42.6 Å². The van der Waals surface area contributed by atoms with Crippen LogP contribution in [-0.2, 0) is 9.59 Å². The van der Waals surface area contributed by atoms with Crippen LogP contribution in [0.15, 0.2) is 23.8 Å². The SMILES string of the molecule is CC1C(=C2c3ccc(F)cc3C(=O)N2C(CCC=O)C(N)=O)C1C. The summed E-state index contributed by atoms with van der Waals surface area (Å²) in [5.41, 5.74) is 8.08. The first kappa shape index (κ1) is 16.4. The highest BCUT2D eigenvalue weighted by Gasteiger charge is 2.47. The van der Waals surface area contributed by atoms with Crippen molar-refractivity contribution in [3.8, 4) is 0 Å². The second kappa shape index (κ2) is 5.85. The molecule has 0 saturated heterocycles. The maximum absolute atomic E-state index is 13.6. The Hall–Kier alpha value is -2.50. The van der Waals surface area contributed by atoms with Crippen LogP contribution in [0.5, 0.6) is 0 Å². The van der Waals surface area contributed by atoms with Crippen LogP contribution in [0.25, 0.3) is 5.70 Å². The number of primary amides is 1. The molecular weight excluding hydrogens is 311 g/mol. The first-order valence-corrected chi connectivity index (χ1v) is 7.99. The van der Waals surface area contributed by atoms with E-state index in [0.29, 0.717) is 17.5 Å². The van der Waals surface area contributed by atoms with Gasteiger partial charge in [0, 0.05) is 12.0 Å². The molecule has 0 spiro atoms. The summed E-state index contributed by atoms with van der Waals surface area (Å²) < 4.78 is 13.6. The van der Waals surface area contributed by atoms with Gasteiger partial charge >= 0.3 is 0 Å². The van der Waals surface area contributed by atoms with Gasteiger partial charge in [-0.05, 0) is 42.0 Å². The average Bonchev–Trinajstić information content (AvgIpc) is 3.02. The Morgan fingerprint density at radius 3 is 2.54 bits per heavy atom. The molecule has 2 N–H and O–H groups in total. The van der Waals surface area contributed by atoms with Gasteiger partial charge in [-0.3, -0.25) is 14.5 Å². The fourth-order valence-electron chi connectivity index (χ4n) is 3.48. The fraction of sp³-hybridized carbons (Fsp3) is 0.389. The van der Waals surface area contributed by atoms with Gasteiger partial charge in [-0.15, -0.1) is 0 Å². The number of hydrogen-bond donors (Lipinski definition) is 1. The first-order chi connectivity index (χ1) is 11.4. The summed E-state index contributed by atoms with van der Waals surface area (Å²) in [6, 6.07) is 3.15. The number of allylic oxidation sites excluding steroid dienone is 1. The maximum atomic E-state index is 13.6. The molecule has 1 heterocycles. The molecule has 1 aromatic rings. The zero-order valence-corrected chi connectivity index (χ0v) is 13.6. The smallest absolute Gasteiger partial charge is 0.259 e.